The minimum atomic E-state index is -1.24. The van der Waals surface area contributed by atoms with Crippen molar-refractivity contribution in [2.45, 2.75) is 13.0 Å². The number of esters is 1. The number of amides is 1. The van der Waals surface area contributed by atoms with Crippen molar-refractivity contribution in [3.05, 3.63) is 106 Å². The van der Waals surface area contributed by atoms with Crippen LogP contribution in [0.2, 0.25) is 0 Å². The van der Waals surface area contributed by atoms with E-state index in [0.717, 1.165) is 0 Å². The molecule has 4 rings (SSSR count). The van der Waals surface area contributed by atoms with Crippen molar-refractivity contribution in [1.29, 1.82) is 0 Å². The molecule has 1 heterocycles. The molecule has 166 valence electrons. The molecule has 1 aromatic heterocycles. The van der Waals surface area contributed by atoms with Gasteiger partial charge < -0.3 is 19.8 Å². The molecule has 1 atom stereocenters. The maximum Gasteiger partial charge on any atom is 0.340 e. The van der Waals surface area contributed by atoms with Crippen molar-refractivity contribution in [2.24, 2.45) is 0 Å². The average molecular weight is 442 g/mol. The monoisotopic (exact) mass is 442 g/mol. The van der Waals surface area contributed by atoms with E-state index in [1.54, 1.807) is 78.9 Å². The zero-order valence-electron chi connectivity index (χ0n) is 17.9. The molecule has 0 aliphatic carbocycles. The standard InChI is InChI=1S/C26H22N2O5/c1-2-32-22-15-9-8-14-21(22)28-25(30)24(17-10-4-3-5-11-17)33-26(31)19-16-23(29)27-20-13-7-6-12-18(19)20/h3-16,24H,2H2,1H3,(H,27,29)(H,28,30)/t24-/m0/s1. The highest BCUT2D eigenvalue weighted by Crippen LogP contribution is 2.27. The van der Waals surface area contributed by atoms with Crippen molar-refractivity contribution in [3.63, 3.8) is 0 Å². The highest BCUT2D eigenvalue weighted by Gasteiger charge is 2.27. The Balaban J connectivity index is 1.67. The van der Waals surface area contributed by atoms with Gasteiger partial charge in [0.15, 0.2) is 0 Å². The number of benzene rings is 3. The molecule has 0 saturated heterocycles. The number of hydrogen-bond acceptors (Lipinski definition) is 5. The first-order valence-corrected chi connectivity index (χ1v) is 10.5. The number of carbonyl (C=O) groups is 2. The fraction of sp³-hybridized carbons (Fsp3) is 0.115. The second-order valence-electron chi connectivity index (χ2n) is 7.21. The van der Waals surface area contributed by atoms with E-state index in [2.05, 4.69) is 10.3 Å². The normalized spacial score (nSPS) is 11.5. The second-order valence-corrected chi connectivity index (χ2v) is 7.21. The number of para-hydroxylation sites is 3. The van der Waals surface area contributed by atoms with E-state index >= 15 is 0 Å². The number of anilines is 1. The van der Waals surface area contributed by atoms with E-state index in [9.17, 15) is 14.4 Å². The number of nitrogens with one attached hydrogen (secondary N) is 2. The number of ether oxygens (including phenoxy) is 2. The summed E-state index contributed by atoms with van der Waals surface area (Å²) in [5.41, 5.74) is 1.10. The van der Waals surface area contributed by atoms with Crippen molar-refractivity contribution < 1.29 is 19.1 Å². The Labute approximate surface area is 190 Å². The summed E-state index contributed by atoms with van der Waals surface area (Å²) in [5, 5.41) is 3.31. The Hall–Kier alpha value is -4.39. The lowest BCUT2D eigenvalue weighted by Crippen LogP contribution is -2.26. The maximum atomic E-state index is 13.3. The number of pyridine rings is 1. The van der Waals surface area contributed by atoms with Gasteiger partial charge in [-0.25, -0.2) is 4.79 Å². The van der Waals surface area contributed by atoms with Crippen molar-refractivity contribution in [1.82, 2.24) is 4.98 Å². The van der Waals surface area contributed by atoms with E-state index in [1.807, 2.05) is 6.92 Å². The van der Waals surface area contributed by atoms with Crippen LogP contribution >= 0.6 is 0 Å². The number of H-pyrrole nitrogens is 1. The number of aromatic nitrogens is 1. The van der Waals surface area contributed by atoms with Gasteiger partial charge in [0.2, 0.25) is 11.7 Å². The molecular weight excluding hydrogens is 420 g/mol. The number of hydrogen-bond donors (Lipinski definition) is 2. The van der Waals surface area contributed by atoms with Gasteiger partial charge in [-0.05, 0) is 25.1 Å². The molecule has 0 fully saturated rings. The molecule has 0 spiro atoms. The van der Waals surface area contributed by atoms with Gasteiger partial charge in [0.1, 0.15) is 5.75 Å². The van der Waals surface area contributed by atoms with E-state index in [-0.39, 0.29) is 5.56 Å². The summed E-state index contributed by atoms with van der Waals surface area (Å²) in [4.78, 5) is 41.2. The number of fused-ring (bicyclic) bond motifs is 1. The Kier molecular flexibility index (Phi) is 6.50. The number of carbonyl (C=O) groups excluding carboxylic acids is 2. The number of rotatable bonds is 7. The summed E-state index contributed by atoms with van der Waals surface area (Å²) in [6, 6.07) is 23.8. The Morgan fingerprint density at radius 3 is 2.42 bits per heavy atom. The molecule has 4 aromatic rings. The van der Waals surface area contributed by atoms with Gasteiger partial charge in [-0.1, -0.05) is 60.7 Å². The van der Waals surface area contributed by atoms with Crippen LogP contribution in [0.3, 0.4) is 0 Å². The van der Waals surface area contributed by atoms with Gasteiger partial charge in [-0.2, -0.15) is 0 Å². The lowest BCUT2D eigenvalue weighted by molar-refractivity contribution is -0.125. The minimum Gasteiger partial charge on any atom is -0.492 e. The maximum absolute atomic E-state index is 13.3. The molecule has 7 heteroatoms. The molecule has 0 radical (unpaired) electrons. The van der Waals surface area contributed by atoms with Crippen LogP contribution in [-0.4, -0.2) is 23.5 Å². The summed E-state index contributed by atoms with van der Waals surface area (Å²) in [6.07, 6.45) is -1.24. The summed E-state index contributed by atoms with van der Waals surface area (Å²) in [7, 11) is 0. The summed E-state index contributed by atoms with van der Waals surface area (Å²) in [6.45, 7) is 2.28. The Bertz CT molecular complexity index is 1350. The molecule has 0 saturated carbocycles. The molecular formula is C26H22N2O5. The Morgan fingerprint density at radius 1 is 0.939 bits per heavy atom. The van der Waals surface area contributed by atoms with Crippen molar-refractivity contribution >= 4 is 28.5 Å². The first-order valence-electron chi connectivity index (χ1n) is 10.5. The third-order valence-corrected chi connectivity index (χ3v) is 4.98. The number of aromatic amines is 1. The van der Waals surface area contributed by atoms with Gasteiger partial charge >= 0.3 is 5.97 Å². The van der Waals surface area contributed by atoms with Crippen LogP contribution in [0, 0.1) is 0 Å². The van der Waals surface area contributed by atoms with E-state index < -0.39 is 23.5 Å². The molecule has 3 aromatic carbocycles. The van der Waals surface area contributed by atoms with Crippen LogP contribution in [0.25, 0.3) is 10.9 Å². The van der Waals surface area contributed by atoms with Gasteiger partial charge in [0.25, 0.3) is 5.91 Å². The molecule has 0 aliphatic rings. The van der Waals surface area contributed by atoms with Crippen molar-refractivity contribution in [3.8, 4) is 5.75 Å². The molecule has 0 unspecified atom stereocenters. The van der Waals surface area contributed by atoms with Crippen LogP contribution in [0.5, 0.6) is 5.75 Å². The van der Waals surface area contributed by atoms with Crippen LogP contribution in [0.4, 0.5) is 5.69 Å². The lowest BCUT2D eigenvalue weighted by atomic mass is 10.1. The average Bonchev–Trinajstić information content (AvgIpc) is 2.83. The molecule has 0 aliphatic heterocycles. The fourth-order valence-corrected chi connectivity index (χ4v) is 3.49. The summed E-state index contributed by atoms with van der Waals surface area (Å²) in [5.74, 6) is -0.817. The summed E-state index contributed by atoms with van der Waals surface area (Å²) < 4.78 is 11.2. The largest absolute Gasteiger partial charge is 0.492 e. The third kappa shape index (κ3) is 4.93. The van der Waals surface area contributed by atoms with Gasteiger partial charge in [0.05, 0.1) is 17.9 Å². The third-order valence-electron chi connectivity index (χ3n) is 4.98. The predicted molar refractivity (Wildman–Crippen MR) is 125 cm³/mol. The molecule has 1 amide bonds. The Morgan fingerprint density at radius 2 is 1.64 bits per heavy atom. The van der Waals surface area contributed by atoms with Gasteiger partial charge in [0, 0.05) is 22.5 Å². The van der Waals surface area contributed by atoms with E-state index in [0.29, 0.717) is 34.5 Å². The molecule has 33 heavy (non-hydrogen) atoms. The quantitative estimate of drug-likeness (QED) is 0.412. The van der Waals surface area contributed by atoms with Gasteiger partial charge in [-0.3, -0.25) is 9.59 Å². The van der Waals surface area contributed by atoms with Crippen molar-refractivity contribution in [2.75, 3.05) is 11.9 Å². The lowest BCUT2D eigenvalue weighted by Gasteiger charge is -2.19. The van der Waals surface area contributed by atoms with Crippen LogP contribution < -0.4 is 15.6 Å². The SMILES string of the molecule is CCOc1ccccc1NC(=O)[C@@H](OC(=O)c1cc(=O)[nH]c2ccccc12)c1ccccc1. The van der Waals surface area contributed by atoms with Crippen LogP contribution in [-0.2, 0) is 9.53 Å². The van der Waals surface area contributed by atoms with Crippen LogP contribution in [0.15, 0.2) is 89.7 Å². The zero-order valence-corrected chi connectivity index (χ0v) is 17.9. The van der Waals surface area contributed by atoms with E-state index in [4.69, 9.17) is 9.47 Å². The molecule has 2 N–H and O–H groups in total. The highest BCUT2D eigenvalue weighted by molar-refractivity contribution is 6.05. The second kappa shape index (κ2) is 9.82. The van der Waals surface area contributed by atoms with Gasteiger partial charge in [-0.15, -0.1) is 0 Å². The highest BCUT2D eigenvalue weighted by atomic mass is 16.5. The first kappa shape index (κ1) is 21.8. The van der Waals surface area contributed by atoms with Crippen LogP contribution in [0.1, 0.15) is 28.9 Å². The van der Waals surface area contributed by atoms with E-state index in [1.165, 1.54) is 6.07 Å². The minimum absolute atomic E-state index is 0.0813. The fourth-order valence-electron chi connectivity index (χ4n) is 3.49. The molecule has 7 nitrogen and oxygen atoms in total. The first-order chi connectivity index (χ1) is 16.1. The molecule has 0 bridgehead atoms. The topological polar surface area (TPSA) is 97.5 Å². The zero-order chi connectivity index (χ0) is 23.2. The summed E-state index contributed by atoms with van der Waals surface area (Å²) >= 11 is 0. The predicted octanol–water partition coefficient (Wildman–Crippen LogP) is 4.46. The smallest absolute Gasteiger partial charge is 0.340 e.